The largest absolute Gasteiger partial charge is 0.496 e. The Labute approximate surface area is 127 Å². The molecule has 1 aliphatic rings. The summed E-state index contributed by atoms with van der Waals surface area (Å²) in [4.78, 5) is 26.7. The zero-order valence-electron chi connectivity index (χ0n) is 12.4. The standard InChI is InChI=1S/C15H16N2O5/c1-8-12(15(18)19)13(14(17(20)21)9(2)16-8)10-6-4-5-7-11(10)22-3/h4-7,13-14H,1-3H3,(H,18,19). The van der Waals surface area contributed by atoms with Crippen LogP contribution in [0.1, 0.15) is 25.3 Å². The van der Waals surface area contributed by atoms with E-state index in [0.717, 1.165) is 0 Å². The summed E-state index contributed by atoms with van der Waals surface area (Å²) in [5.41, 5.74) is 0.955. The van der Waals surface area contributed by atoms with E-state index in [9.17, 15) is 20.0 Å². The SMILES string of the molecule is COc1ccccc1C1C(C(=O)O)=C(C)N=C(C)C1[N+](=O)[O-]. The molecule has 2 rings (SSSR count). The molecule has 0 aliphatic carbocycles. The summed E-state index contributed by atoms with van der Waals surface area (Å²) >= 11 is 0. The lowest BCUT2D eigenvalue weighted by molar-refractivity contribution is -0.505. The van der Waals surface area contributed by atoms with Gasteiger partial charge in [-0.1, -0.05) is 18.2 Å². The quantitative estimate of drug-likeness (QED) is 0.679. The fourth-order valence-corrected chi connectivity index (χ4v) is 2.83. The molecule has 0 spiro atoms. The number of nitrogens with zero attached hydrogens (tertiary/aromatic N) is 2. The summed E-state index contributed by atoms with van der Waals surface area (Å²) in [6.07, 6.45) is 0. The maximum atomic E-state index is 11.6. The number of benzene rings is 1. The van der Waals surface area contributed by atoms with Gasteiger partial charge in [-0.2, -0.15) is 0 Å². The van der Waals surface area contributed by atoms with Gasteiger partial charge < -0.3 is 9.84 Å². The van der Waals surface area contributed by atoms with Crippen LogP contribution in [-0.2, 0) is 4.79 Å². The third-order valence-electron chi connectivity index (χ3n) is 3.72. The van der Waals surface area contributed by atoms with E-state index in [-0.39, 0.29) is 17.0 Å². The molecule has 22 heavy (non-hydrogen) atoms. The molecule has 0 fully saturated rings. The van der Waals surface area contributed by atoms with Crippen LogP contribution in [0, 0.1) is 10.1 Å². The van der Waals surface area contributed by atoms with Crippen LogP contribution < -0.4 is 4.74 Å². The number of hydrogen-bond donors (Lipinski definition) is 1. The number of ether oxygens (including phenoxy) is 1. The maximum Gasteiger partial charge on any atom is 0.334 e. The predicted molar refractivity (Wildman–Crippen MR) is 80.0 cm³/mol. The average molecular weight is 304 g/mol. The molecule has 0 radical (unpaired) electrons. The topological polar surface area (TPSA) is 102 Å². The van der Waals surface area contributed by atoms with Gasteiger partial charge in [-0.05, 0) is 19.9 Å². The van der Waals surface area contributed by atoms with Crippen molar-refractivity contribution in [2.75, 3.05) is 7.11 Å². The van der Waals surface area contributed by atoms with Crippen molar-refractivity contribution in [2.24, 2.45) is 4.99 Å². The molecule has 0 aromatic heterocycles. The predicted octanol–water partition coefficient (Wildman–Crippen LogP) is 2.26. The molecule has 1 N–H and O–H groups in total. The van der Waals surface area contributed by atoms with Gasteiger partial charge in [-0.25, -0.2) is 4.79 Å². The van der Waals surface area contributed by atoms with Gasteiger partial charge in [-0.3, -0.25) is 15.1 Å². The number of aliphatic carboxylic acids is 1. The summed E-state index contributed by atoms with van der Waals surface area (Å²) in [5, 5.41) is 21.0. The Kier molecular flexibility index (Phi) is 4.25. The van der Waals surface area contributed by atoms with E-state index in [4.69, 9.17) is 4.74 Å². The zero-order valence-corrected chi connectivity index (χ0v) is 12.4. The number of hydrogen-bond acceptors (Lipinski definition) is 5. The first kappa shape index (κ1) is 15.7. The Balaban J connectivity index is 2.73. The van der Waals surface area contributed by atoms with E-state index in [0.29, 0.717) is 11.3 Å². The number of methoxy groups -OCH3 is 1. The lowest BCUT2D eigenvalue weighted by atomic mass is 9.80. The number of carbonyl (C=O) groups is 1. The fraction of sp³-hybridized carbons (Fsp3) is 0.333. The molecular formula is C15H16N2O5. The van der Waals surface area contributed by atoms with Gasteiger partial charge in [0.05, 0.1) is 24.3 Å². The number of nitro groups is 1. The molecule has 7 heteroatoms. The van der Waals surface area contributed by atoms with E-state index >= 15 is 0 Å². The molecule has 0 saturated heterocycles. The molecule has 0 bridgehead atoms. The van der Waals surface area contributed by atoms with Crippen molar-refractivity contribution in [1.29, 1.82) is 0 Å². The number of carboxylic acids is 1. The molecule has 7 nitrogen and oxygen atoms in total. The molecule has 1 aromatic rings. The van der Waals surface area contributed by atoms with E-state index in [1.165, 1.54) is 14.0 Å². The van der Waals surface area contributed by atoms with Crippen molar-refractivity contribution in [1.82, 2.24) is 0 Å². The number of aliphatic imine (C=N–C) groups is 1. The van der Waals surface area contributed by atoms with Crippen molar-refractivity contribution < 1.29 is 19.6 Å². The molecule has 0 amide bonds. The first-order chi connectivity index (χ1) is 10.4. The van der Waals surface area contributed by atoms with Crippen LogP contribution in [0.4, 0.5) is 0 Å². The van der Waals surface area contributed by atoms with E-state index in [1.807, 2.05) is 0 Å². The zero-order chi connectivity index (χ0) is 16.4. The van der Waals surface area contributed by atoms with Crippen molar-refractivity contribution in [3.8, 4) is 5.75 Å². The summed E-state index contributed by atoms with van der Waals surface area (Å²) < 4.78 is 5.25. The van der Waals surface area contributed by atoms with Gasteiger partial charge in [0.2, 0.25) is 0 Å². The molecule has 2 unspecified atom stereocenters. The average Bonchev–Trinajstić information content (AvgIpc) is 2.45. The second-order valence-electron chi connectivity index (χ2n) is 5.01. The third kappa shape index (κ3) is 2.57. The first-order valence-electron chi connectivity index (χ1n) is 6.64. The molecule has 2 atom stereocenters. The summed E-state index contributed by atoms with van der Waals surface area (Å²) in [6.45, 7) is 3.09. The Hall–Kier alpha value is -2.70. The number of carboxylic acid groups (broad SMARTS) is 1. The number of allylic oxidation sites excluding steroid dienone is 1. The maximum absolute atomic E-state index is 11.6. The molecule has 0 saturated carbocycles. The van der Waals surface area contributed by atoms with Crippen LogP contribution in [0.25, 0.3) is 0 Å². The van der Waals surface area contributed by atoms with Crippen LogP contribution in [0.15, 0.2) is 40.5 Å². The number of para-hydroxylation sites is 1. The molecule has 1 heterocycles. The van der Waals surface area contributed by atoms with Gasteiger partial charge in [0.25, 0.3) is 6.04 Å². The van der Waals surface area contributed by atoms with E-state index in [1.54, 1.807) is 31.2 Å². The summed E-state index contributed by atoms with van der Waals surface area (Å²) in [5.74, 6) is -1.74. The molecule has 1 aliphatic heterocycles. The minimum atomic E-state index is -1.23. The van der Waals surface area contributed by atoms with Crippen molar-refractivity contribution in [3.63, 3.8) is 0 Å². The Morgan fingerprint density at radius 2 is 2.00 bits per heavy atom. The molecular weight excluding hydrogens is 288 g/mol. The monoisotopic (exact) mass is 304 g/mol. The van der Waals surface area contributed by atoms with Gasteiger partial charge >= 0.3 is 5.97 Å². The van der Waals surface area contributed by atoms with Crippen LogP contribution >= 0.6 is 0 Å². The van der Waals surface area contributed by atoms with Gasteiger partial charge in [0, 0.05) is 16.2 Å². The minimum absolute atomic E-state index is 0.0724. The second kappa shape index (κ2) is 5.97. The Morgan fingerprint density at radius 1 is 1.36 bits per heavy atom. The normalized spacial score (nSPS) is 21.3. The minimum Gasteiger partial charge on any atom is -0.496 e. The van der Waals surface area contributed by atoms with Crippen LogP contribution in [0.2, 0.25) is 0 Å². The second-order valence-corrected chi connectivity index (χ2v) is 5.01. The highest BCUT2D eigenvalue weighted by molar-refractivity contribution is 5.97. The number of rotatable bonds is 4. The van der Waals surface area contributed by atoms with Crippen molar-refractivity contribution in [2.45, 2.75) is 25.8 Å². The van der Waals surface area contributed by atoms with Gasteiger partial charge in [-0.15, -0.1) is 0 Å². The van der Waals surface area contributed by atoms with Crippen molar-refractivity contribution >= 4 is 11.7 Å². The smallest absolute Gasteiger partial charge is 0.334 e. The highest BCUT2D eigenvalue weighted by atomic mass is 16.6. The third-order valence-corrected chi connectivity index (χ3v) is 3.72. The summed E-state index contributed by atoms with van der Waals surface area (Å²) in [6, 6.07) is 5.50. The lowest BCUT2D eigenvalue weighted by Gasteiger charge is -2.27. The lowest BCUT2D eigenvalue weighted by Crippen LogP contribution is -2.39. The van der Waals surface area contributed by atoms with Crippen LogP contribution in [0.5, 0.6) is 5.75 Å². The van der Waals surface area contributed by atoms with Crippen LogP contribution in [0.3, 0.4) is 0 Å². The first-order valence-corrected chi connectivity index (χ1v) is 6.64. The van der Waals surface area contributed by atoms with Crippen LogP contribution in [-0.4, -0.2) is 34.9 Å². The Morgan fingerprint density at radius 3 is 2.55 bits per heavy atom. The van der Waals surface area contributed by atoms with Crippen molar-refractivity contribution in [3.05, 3.63) is 51.2 Å². The summed E-state index contributed by atoms with van der Waals surface area (Å²) in [7, 11) is 1.45. The molecule has 1 aromatic carbocycles. The van der Waals surface area contributed by atoms with Gasteiger partial charge in [0.15, 0.2) is 0 Å². The van der Waals surface area contributed by atoms with E-state index < -0.39 is 22.9 Å². The highest BCUT2D eigenvalue weighted by Gasteiger charge is 2.45. The Bertz CT molecular complexity index is 693. The van der Waals surface area contributed by atoms with Gasteiger partial charge in [0.1, 0.15) is 5.75 Å². The fourth-order valence-electron chi connectivity index (χ4n) is 2.83. The highest BCUT2D eigenvalue weighted by Crippen LogP contribution is 2.40. The molecule has 116 valence electrons. The van der Waals surface area contributed by atoms with E-state index in [2.05, 4.69) is 4.99 Å².